The third-order valence-corrected chi connectivity index (χ3v) is 8.76. The number of aliphatic hydroxyl groups is 1. The van der Waals surface area contributed by atoms with Crippen molar-refractivity contribution in [1.29, 1.82) is 0 Å². The zero-order valence-electron chi connectivity index (χ0n) is 21.9. The van der Waals surface area contributed by atoms with Crippen LogP contribution >= 0.6 is 34.7 Å². The fourth-order valence-corrected chi connectivity index (χ4v) is 6.25. The van der Waals surface area contributed by atoms with Crippen molar-refractivity contribution in [3.8, 4) is 5.75 Å². The summed E-state index contributed by atoms with van der Waals surface area (Å²) in [7, 11) is 0. The Balaban J connectivity index is 1.53. The zero-order chi connectivity index (χ0) is 28.9. The first-order valence-corrected chi connectivity index (χ1v) is 15.0. The van der Waals surface area contributed by atoms with E-state index in [1.54, 1.807) is 24.3 Å². The number of unbranched alkanes of at least 4 members (excludes halogenated alkanes) is 1. The van der Waals surface area contributed by atoms with Crippen LogP contribution in [0.1, 0.15) is 42.5 Å². The van der Waals surface area contributed by atoms with Gasteiger partial charge in [0, 0.05) is 16.3 Å². The summed E-state index contributed by atoms with van der Waals surface area (Å²) in [6.45, 7) is 2.58. The molecule has 1 amide bonds. The molecule has 210 valence electrons. The first kappa shape index (κ1) is 28.8. The average Bonchev–Trinajstić information content (AvgIpc) is 3.55. The Labute approximate surface area is 249 Å². The van der Waals surface area contributed by atoms with E-state index in [9.17, 15) is 19.1 Å². The Morgan fingerprint density at radius 3 is 2.59 bits per heavy atom. The summed E-state index contributed by atoms with van der Waals surface area (Å²) in [5.41, 5.74) is 1.67. The molecule has 3 aromatic carbocycles. The Bertz CT molecular complexity index is 1590. The molecule has 0 saturated carbocycles. The van der Waals surface area contributed by atoms with Crippen LogP contribution in [0.4, 0.5) is 9.52 Å². The molecule has 1 aliphatic heterocycles. The number of carbonyl (C=O) groups excluding carboxylic acids is 2. The number of hydrogen-bond donors (Lipinski definition) is 1. The number of benzene rings is 3. The fourth-order valence-electron chi connectivity index (χ4n) is 4.30. The number of nitrogens with zero attached hydrogens (tertiary/aromatic N) is 3. The summed E-state index contributed by atoms with van der Waals surface area (Å²) >= 11 is 8.59. The Kier molecular flexibility index (Phi) is 9.02. The number of anilines is 1. The van der Waals surface area contributed by atoms with Gasteiger partial charge in [-0.15, -0.1) is 10.2 Å². The molecule has 0 bridgehead atoms. The van der Waals surface area contributed by atoms with Gasteiger partial charge in [0.15, 0.2) is 4.34 Å². The third kappa shape index (κ3) is 6.45. The predicted molar refractivity (Wildman–Crippen MR) is 159 cm³/mol. The molecule has 7 nitrogen and oxygen atoms in total. The summed E-state index contributed by atoms with van der Waals surface area (Å²) in [6.07, 6.45) is 1.83. The van der Waals surface area contributed by atoms with Crippen molar-refractivity contribution in [2.45, 2.75) is 35.9 Å². The molecule has 1 unspecified atom stereocenters. The van der Waals surface area contributed by atoms with Crippen LogP contribution in [0.2, 0.25) is 5.02 Å². The highest BCUT2D eigenvalue weighted by Crippen LogP contribution is 2.44. The number of hydrogen-bond acceptors (Lipinski definition) is 8. The van der Waals surface area contributed by atoms with Crippen LogP contribution < -0.4 is 9.64 Å². The first-order chi connectivity index (χ1) is 19.9. The SMILES string of the molecule is CCCCOc1cccc(C2/C(=C(\O)c3ccc(F)cc3)C(=O)C(=O)N2c2nnc(SCc3ccc(Cl)cc3)s2)c1. The summed E-state index contributed by atoms with van der Waals surface area (Å²) in [5.74, 6) is -1.45. The summed E-state index contributed by atoms with van der Waals surface area (Å²) in [5, 5.41) is 20.6. The number of Topliss-reactive ketones (excluding diaryl/α,β-unsaturated/α-hetero) is 1. The highest BCUT2D eigenvalue weighted by molar-refractivity contribution is 8.00. The van der Waals surface area contributed by atoms with E-state index < -0.39 is 29.3 Å². The van der Waals surface area contributed by atoms with Crippen molar-refractivity contribution >= 4 is 57.3 Å². The summed E-state index contributed by atoms with van der Waals surface area (Å²) < 4.78 is 20.1. The lowest BCUT2D eigenvalue weighted by atomic mass is 9.95. The molecule has 1 saturated heterocycles. The molecule has 0 spiro atoms. The average molecular weight is 610 g/mol. The monoisotopic (exact) mass is 609 g/mol. The van der Waals surface area contributed by atoms with E-state index in [-0.39, 0.29) is 16.3 Å². The van der Waals surface area contributed by atoms with Gasteiger partial charge in [0.25, 0.3) is 5.78 Å². The molecule has 2 heterocycles. The second-order valence-corrected chi connectivity index (χ2v) is 11.8. The van der Waals surface area contributed by atoms with Crippen molar-refractivity contribution in [3.63, 3.8) is 0 Å². The lowest BCUT2D eigenvalue weighted by Crippen LogP contribution is -2.29. The normalized spacial score (nSPS) is 16.4. The molecule has 1 aromatic heterocycles. The van der Waals surface area contributed by atoms with Gasteiger partial charge < -0.3 is 9.84 Å². The quantitative estimate of drug-likeness (QED) is 0.0499. The maximum absolute atomic E-state index is 13.6. The molecule has 1 aliphatic rings. The van der Waals surface area contributed by atoms with E-state index in [4.69, 9.17) is 16.3 Å². The maximum atomic E-state index is 13.6. The van der Waals surface area contributed by atoms with Gasteiger partial charge in [-0.1, -0.05) is 72.3 Å². The van der Waals surface area contributed by atoms with Crippen LogP contribution in [-0.4, -0.2) is 33.6 Å². The van der Waals surface area contributed by atoms with Gasteiger partial charge in [-0.05, 0) is 66.1 Å². The standard InChI is InChI=1S/C30H25ClFN3O4S2/c1-2-3-15-39-23-6-4-5-20(16-23)25-24(26(36)19-9-13-22(32)14-10-19)27(37)28(38)35(25)29-33-34-30(41-29)40-17-18-7-11-21(31)12-8-18/h4-14,16,25,36H,2-3,15,17H2,1H3/b26-24+. The lowest BCUT2D eigenvalue weighted by Gasteiger charge is -2.23. The number of ether oxygens (including phenoxy) is 1. The lowest BCUT2D eigenvalue weighted by molar-refractivity contribution is -0.132. The number of aromatic nitrogens is 2. The van der Waals surface area contributed by atoms with Crippen LogP contribution in [0.3, 0.4) is 0 Å². The highest BCUT2D eigenvalue weighted by atomic mass is 35.5. The molecule has 0 aliphatic carbocycles. The largest absolute Gasteiger partial charge is 0.507 e. The van der Waals surface area contributed by atoms with E-state index in [2.05, 4.69) is 17.1 Å². The van der Waals surface area contributed by atoms with Crippen LogP contribution in [0.15, 0.2) is 82.7 Å². The van der Waals surface area contributed by atoms with Crippen LogP contribution in [0.25, 0.3) is 5.76 Å². The number of halogens is 2. The number of thioether (sulfide) groups is 1. The van der Waals surface area contributed by atoms with Crippen LogP contribution in [0, 0.1) is 5.82 Å². The van der Waals surface area contributed by atoms with E-state index >= 15 is 0 Å². The zero-order valence-corrected chi connectivity index (χ0v) is 24.3. The van der Waals surface area contributed by atoms with Gasteiger partial charge in [0.2, 0.25) is 5.13 Å². The topological polar surface area (TPSA) is 92.6 Å². The van der Waals surface area contributed by atoms with Crippen molar-refractivity contribution in [2.75, 3.05) is 11.5 Å². The second-order valence-electron chi connectivity index (χ2n) is 9.22. The predicted octanol–water partition coefficient (Wildman–Crippen LogP) is 7.43. The number of rotatable bonds is 10. The van der Waals surface area contributed by atoms with Crippen molar-refractivity contribution in [3.05, 3.63) is 106 Å². The van der Waals surface area contributed by atoms with Gasteiger partial charge >= 0.3 is 5.91 Å². The minimum Gasteiger partial charge on any atom is -0.507 e. The molecule has 1 fully saturated rings. The molecule has 1 atom stereocenters. The Morgan fingerprint density at radius 1 is 1.10 bits per heavy atom. The molecule has 11 heteroatoms. The van der Waals surface area contributed by atoms with Crippen molar-refractivity contribution in [1.82, 2.24) is 10.2 Å². The van der Waals surface area contributed by atoms with E-state index in [1.165, 1.54) is 52.3 Å². The molecule has 1 N–H and O–H groups in total. The first-order valence-electron chi connectivity index (χ1n) is 12.9. The molecular formula is C30H25ClFN3O4S2. The number of ketones is 1. The molecule has 5 rings (SSSR count). The van der Waals surface area contributed by atoms with Gasteiger partial charge in [-0.2, -0.15) is 0 Å². The number of amides is 1. The van der Waals surface area contributed by atoms with Crippen LogP contribution in [0.5, 0.6) is 5.75 Å². The van der Waals surface area contributed by atoms with Gasteiger partial charge in [-0.3, -0.25) is 14.5 Å². The van der Waals surface area contributed by atoms with E-state index in [0.29, 0.717) is 33.0 Å². The number of carbonyl (C=O) groups is 2. The minimum atomic E-state index is -1.00. The Hall–Kier alpha value is -3.73. The Morgan fingerprint density at radius 2 is 1.85 bits per heavy atom. The van der Waals surface area contributed by atoms with E-state index in [1.807, 2.05) is 24.3 Å². The van der Waals surface area contributed by atoms with Gasteiger partial charge in [0.1, 0.15) is 17.3 Å². The molecular weight excluding hydrogens is 585 g/mol. The molecule has 0 radical (unpaired) electrons. The molecule has 41 heavy (non-hydrogen) atoms. The highest BCUT2D eigenvalue weighted by Gasteiger charge is 2.48. The van der Waals surface area contributed by atoms with Crippen LogP contribution in [-0.2, 0) is 15.3 Å². The fraction of sp³-hybridized carbons (Fsp3) is 0.200. The minimum absolute atomic E-state index is 0.127. The van der Waals surface area contributed by atoms with Crippen molar-refractivity contribution in [2.24, 2.45) is 0 Å². The smallest absolute Gasteiger partial charge is 0.301 e. The third-order valence-electron chi connectivity index (χ3n) is 6.38. The maximum Gasteiger partial charge on any atom is 0.301 e. The molecule has 4 aromatic rings. The van der Waals surface area contributed by atoms with Gasteiger partial charge in [-0.25, -0.2) is 4.39 Å². The van der Waals surface area contributed by atoms with E-state index in [0.717, 1.165) is 18.4 Å². The second kappa shape index (κ2) is 12.8. The number of aliphatic hydroxyl groups excluding tert-OH is 1. The van der Waals surface area contributed by atoms with Crippen molar-refractivity contribution < 1.29 is 23.8 Å². The summed E-state index contributed by atoms with van der Waals surface area (Å²) in [4.78, 5) is 28.1. The summed E-state index contributed by atoms with van der Waals surface area (Å²) in [6, 6.07) is 18.6. The van der Waals surface area contributed by atoms with Gasteiger partial charge in [0.05, 0.1) is 18.2 Å².